The van der Waals surface area contributed by atoms with E-state index in [-0.39, 0.29) is 29.2 Å². The molecule has 3 aromatic carbocycles. The van der Waals surface area contributed by atoms with Crippen molar-refractivity contribution in [3.8, 4) is 34.6 Å². The third kappa shape index (κ3) is 4.04. The molecule has 34 heavy (non-hydrogen) atoms. The molecule has 0 bridgehead atoms. The third-order valence-electron chi connectivity index (χ3n) is 5.10. The van der Waals surface area contributed by atoms with Crippen LogP contribution in [0, 0.1) is 11.6 Å². The van der Waals surface area contributed by atoms with Gasteiger partial charge in [0.15, 0.2) is 5.82 Å². The Morgan fingerprint density at radius 3 is 2.24 bits per heavy atom. The van der Waals surface area contributed by atoms with Gasteiger partial charge in [-0.3, -0.25) is 0 Å². The molecule has 0 aliphatic heterocycles. The Kier molecular flexibility index (Phi) is 5.94. The van der Waals surface area contributed by atoms with Crippen LogP contribution >= 0.6 is 0 Å². The second-order valence-electron chi connectivity index (χ2n) is 7.30. The molecular formula is C22H18F2N4O5S. The van der Waals surface area contributed by atoms with Crippen LogP contribution in [0.4, 0.5) is 8.78 Å². The van der Waals surface area contributed by atoms with Crippen molar-refractivity contribution in [2.24, 2.45) is 0 Å². The average molecular weight is 488 g/mol. The van der Waals surface area contributed by atoms with Crippen LogP contribution in [0.2, 0.25) is 0 Å². The molecule has 0 saturated carbocycles. The Hall–Kier alpha value is -4.03. The molecule has 12 heteroatoms. The molecule has 0 aliphatic carbocycles. The monoisotopic (exact) mass is 488 g/mol. The number of hydrogen-bond donors (Lipinski definition) is 3. The normalized spacial score (nSPS) is 11.8. The molecule has 4 rings (SSSR count). The van der Waals surface area contributed by atoms with Crippen LogP contribution in [-0.2, 0) is 16.6 Å². The van der Waals surface area contributed by atoms with Crippen molar-refractivity contribution in [2.75, 3.05) is 7.05 Å². The highest BCUT2D eigenvalue weighted by atomic mass is 32.2. The summed E-state index contributed by atoms with van der Waals surface area (Å²) in [4.78, 5) is -0.623. The molecule has 9 nitrogen and oxygen atoms in total. The highest BCUT2D eigenvalue weighted by molar-refractivity contribution is 7.89. The summed E-state index contributed by atoms with van der Waals surface area (Å²) in [5, 5.41) is 38.1. The molecule has 1 aromatic heterocycles. The second-order valence-corrected chi connectivity index (χ2v) is 9.31. The predicted octanol–water partition coefficient (Wildman–Crippen LogP) is 3.15. The largest absolute Gasteiger partial charge is 0.507 e. The lowest BCUT2D eigenvalue weighted by atomic mass is 10.1. The van der Waals surface area contributed by atoms with Gasteiger partial charge >= 0.3 is 6.01 Å². The van der Waals surface area contributed by atoms with Gasteiger partial charge in [-0.2, -0.15) is 4.31 Å². The van der Waals surface area contributed by atoms with Gasteiger partial charge < -0.3 is 15.3 Å². The quantitative estimate of drug-likeness (QED) is 0.380. The summed E-state index contributed by atoms with van der Waals surface area (Å²) < 4.78 is 56.5. The standard InChI is InChI=1S/C22H18F2N4O5S/c1-27(12-13-6-2-3-7-15(13)23)34(32,33)20-10-14(18(29)11-19(20)30)21-25-26-22(31)28(21)17-9-5-4-8-16(17)24/h2-11,29-30H,12H2,1H3,(H,26,31). The van der Waals surface area contributed by atoms with E-state index in [1.54, 1.807) is 6.07 Å². The topological polar surface area (TPSA) is 129 Å². The zero-order chi connectivity index (χ0) is 24.6. The summed E-state index contributed by atoms with van der Waals surface area (Å²) in [6.45, 7) is -0.336. The molecule has 0 fully saturated rings. The first-order chi connectivity index (χ1) is 16.1. The van der Waals surface area contributed by atoms with E-state index in [2.05, 4.69) is 10.2 Å². The highest BCUT2D eigenvalue weighted by Crippen LogP contribution is 2.39. The lowest BCUT2D eigenvalue weighted by molar-refractivity contribution is 0.418. The number of sulfonamides is 1. The lowest BCUT2D eigenvalue weighted by Crippen LogP contribution is -2.27. The van der Waals surface area contributed by atoms with Crippen LogP contribution < -0.4 is 0 Å². The van der Waals surface area contributed by atoms with Crippen LogP contribution in [-0.4, -0.2) is 49.9 Å². The SMILES string of the molecule is CN(Cc1ccccc1F)S(=O)(=O)c1cc(-c2nnc(O)n2-c2ccccc2F)c(O)cc1O. The Bertz CT molecular complexity index is 1490. The maximum atomic E-state index is 14.4. The summed E-state index contributed by atoms with van der Waals surface area (Å²) in [6, 6.07) is 12.0. The molecule has 0 saturated heterocycles. The fourth-order valence-electron chi connectivity index (χ4n) is 3.37. The van der Waals surface area contributed by atoms with Crippen LogP contribution in [0.1, 0.15) is 5.56 Å². The molecule has 0 aliphatic rings. The van der Waals surface area contributed by atoms with E-state index in [1.807, 2.05) is 0 Å². The van der Waals surface area contributed by atoms with E-state index in [0.29, 0.717) is 0 Å². The van der Waals surface area contributed by atoms with Gasteiger partial charge in [0.05, 0.1) is 11.3 Å². The van der Waals surface area contributed by atoms with Crippen LogP contribution in [0.3, 0.4) is 0 Å². The number of aromatic hydroxyl groups is 3. The Balaban J connectivity index is 1.82. The van der Waals surface area contributed by atoms with Crippen LogP contribution in [0.5, 0.6) is 17.5 Å². The van der Waals surface area contributed by atoms with Gasteiger partial charge in [-0.15, -0.1) is 5.10 Å². The number of nitrogens with zero attached hydrogens (tertiary/aromatic N) is 4. The van der Waals surface area contributed by atoms with E-state index >= 15 is 0 Å². The third-order valence-corrected chi connectivity index (χ3v) is 6.93. The second kappa shape index (κ2) is 8.72. The molecule has 1 heterocycles. The first-order valence-electron chi connectivity index (χ1n) is 9.76. The zero-order valence-corrected chi connectivity index (χ0v) is 18.4. The summed E-state index contributed by atoms with van der Waals surface area (Å²) in [6.07, 6.45) is 0. The number of para-hydroxylation sites is 1. The van der Waals surface area contributed by atoms with Gasteiger partial charge in [0, 0.05) is 25.2 Å². The summed E-state index contributed by atoms with van der Waals surface area (Å²) in [5.41, 5.74) is -0.309. The van der Waals surface area contributed by atoms with E-state index in [0.717, 1.165) is 27.1 Å². The summed E-state index contributed by atoms with van der Waals surface area (Å²) >= 11 is 0. The van der Waals surface area contributed by atoms with Crippen molar-refractivity contribution in [3.05, 3.63) is 77.9 Å². The average Bonchev–Trinajstić information content (AvgIpc) is 3.16. The van der Waals surface area contributed by atoms with E-state index in [1.165, 1.54) is 43.4 Å². The predicted molar refractivity (Wildman–Crippen MR) is 117 cm³/mol. The van der Waals surface area contributed by atoms with Crippen molar-refractivity contribution in [1.29, 1.82) is 0 Å². The van der Waals surface area contributed by atoms with E-state index < -0.39 is 44.1 Å². The van der Waals surface area contributed by atoms with Crippen LogP contribution in [0.15, 0.2) is 65.6 Å². The maximum absolute atomic E-state index is 14.4. The van der Waals surface area contributed by atoms with Gasteiger partial charge in [0.2, 0.25) is 10.0 Å². The Morgan fingerprint density at radius 1 is 0.912 bits per heavy atom. The molecule has 4 aromatic rings. The molecule has 0 atom stereocenters. The minimum atomic E-state index is -4.40. The lowest BCUT2D eigenvalue weighted by Gasteiger charge is -2.19. The maximum Gasteiger partial charge on any atom is 0.319 e. The minimum Gasteiger partial charge on any atom is -0.507 e. The van der Waals surface area contributed by atoms with Crippen molar-refractivity contribution < 1.29 is 32.5 Å². The van der Waals surface area contributed by atoms with Gasteiger partial charge in [0.25, 0.3) is 0 Å². The van der Waals surface area contributed by atoms with Crippen LogP contribution in [0.25, 0.3) is 17.1 Å². The highest BCUT2D eigenvalue weighted by Gasteiger charge is 2.29. The summed E-state index contributed by atoms with van der Waals surface area (Å²) in [7, 11) is -3.20. The van der Waals surface area contributed by atoms with Gasteiger partial charge in [-0.1, -0.05) is 35.4 Å². The van der Waals surface area contributed by atoms with Gasteiger partial charge in [-0.05, 0) is 24.3 Å². The number of hydrogen-bond acceptors (Lipinski definition) is 7. The number of phenols is 2. The van der Waals surface area contributed by atoms with Crippen molar-refractivity contribution in [2.45, 2.75) is 11.4 Å². The number of rotatable bonds is 6. The minimum absolute atomic E-state index is 0.108. The number of phenolic OH excluding ortho intramolecular Hbond substituents is 2. The smallest absolute Gasteiger partial charge is 0.319 e. The summed E-state index contributed by atoms with van der Waals surface area (Å²) in [5.74, 6) is -3.00. The Morgan fingerprint density at radius 2 is 1.56 bits per heavy atom. The first-order valence-corrected chi connectivity index (χ1v) is 11.2. The van der Waals surface area contributed by atoms with Crippen molar-refractivity contribution >= 4 is 10.0 Å². The number of aromatic nitrogens is 3. The molecule has 3 N–H and O–H groups in total. The fourth-order valence-corrected chi connectivity index (χ4v) is 4.60. The molecule has 0 radical (unpaired) electrons. The molecule has 0 spiro atoms. The zero-order valence-electron chi connectivity index (χ0n) is 17.6. The molecule has 0 amide bonds. The number of benzene rings is 3. The van der Waals surface area contributed by atoms with E-state index in [9.17, 15) is 32.5 Å². The van der Waals surface area contributed by atoms with Gasteiger partial charge in [0.1, 0.15) is 28.0 Å². The van der Waals surface area contributed by atoms with E-state index in [4.69, 9.17) is 0 Å². The molecule has 0 unspecified atom stereocenters. The molecule has 176 valence electrons. The molecular weight excluding hydrogens is 470 g/mol. The first kappa shape index (κ1) is 23.1. The van der Waals surface area contributed by atoms with Crippen molar-refractivity contribution in [1.82, 2.24) is 19.1 Å². The fraction of sp³-hybridized carbons (Fsp3) is 0.0909. The Labute approximate surface area is 192 Å². The number of halogens is 2. The van der Waals surface area contributed by atoms with Gasteiger partial charge in [-0.25, -0.2) is 21.8 Å². The van der Waals surface area contributed by atoms with Crippen molar-refractivity contribution in [3.63, 3.8) is 0 Å².